The zero-order chi connectivity index (χ0) is 9.97. The molecular weight excluding hydrogens is 194 g/mol. The van der Waals surface area contributed by atoms with Gasteiger partial charge in [0.2, 0.25) is 0 Å². The smallest absolute Gasteiger partial charge is 0.0499 e. The van der Waals surface area contributed by atoms with Gasteiger partial charge in [-0.1, -0.05) is 23.7 Å². The van der Waals surface area contributed by atoms with Gasteiger partial charge in [0.05, 0.1) is 0 Å². The molecule has 1 aromatic carbocycles. The first-order valence-corrected chi connectivity index (χ1v) is 5.05. The first-order chi connectivity index (χ1) is 6.83. The van der Waals surface area contributed by atoms with Crippen LogP contribution in [-0.4, -0.2) is 4.57 Å². The number of aromatic nitrogens is 1. The number of benzene rings is 1. The van der Waals surface area contributed by atoms with E-state index in [4.69, 9.17) is 11.6 Å². The summed E-state index contributed by atoms with van der Waals surface area (Å²) >= 11 is 6.07. The Bertz CT molecular complexity index is 456. The van der Waals surface area contributed by atoms with E-state index in [1.54, 1.807) is 0 Å². The Morgan fingerprint density at radius 3 is 3.00 bits per heavy atom. The van der Waals surface area contributed by atoms with Crippen LogP contribution >= 0.6 is 11.6 Å². The van der Waals surface area contributed by atoms with Crippen molar-refractivity contribution in [2.45, 2.75) is 13.0 Å². The summed E-state index contributed by atoms with van der Waals surface area (Å²) in [6.07, 6.45) is 4.98. The highest BCUT2D eigenvalue weighted by Gasteiger charge is 2.02. The maximum Gasteiger partial charge on any atom is 0.0499 e. The van der Waals surface area contributed by atoms with Crippen LogP contribution in [0, 0.1) is 0 Å². The molecule has 0 spiro atoms. The second kappa shape index (κ2) is 3.89. The Kier molecular flexibility index (Phi) is 2.60. The van der Waals surface area contributed by atoms with Gasteiger partial charge < -0.3 is 4.57 Å². The van der Waals surface area contributed by atoms with E-state index in [1.165, 1.54) is 5.52 Å². The summed E-state index contributed by atoms with van der Waals surface area (Å²) in [6, 6.07) is 8.04. The SMILES string of the molecule is C=CCCn1ccc2c(Cl)cccc21. The van der Waals surface area contributed by atoms with Crippen LogP contribution in [-0.2, 0) is 6.54 Å². The van der Waals surface area contributed by atoms with E-state index < -0.39 is 0 Å². The number of hydrogen-bond donors (Lipinski definition) is 0. The summed E-state index contributed by atoms with van der Waals surface area (Å²) in [5.41, 5.74) is 1.19. The summed E-state index contributed by atoms with van der Waals surface area (Å²) in [4.78, 5) is 0. The van der Waals surface area contributed by atoms with Gasteiger partial charge in [0.1, 0.15) is 0 Å². The molecule has 0 amide bonds. The third-order valence-electron chi connectivity index (χ3n) is 2.33. The third-order valence-corrected chi connectivity index (χ3v) is 2.66. The Morgan fingerprint density at radius 2 is 2.21 bits per heavy atom. The third kappa shape index (κ3) is 1.55. The van der Waals surface area contributed by atoms with Crippen molar-refractivity contribution in [2.75, 3.05) is 0 Å². The van der Waals surface area contributed by atoms with Gasteiger partial charge in [-0.05, 0) is 24.6 Å². The highest BCUT2D eigenvalue weighted by molar-refractivity contribution is 6.35. The van der Waals surface area contributed by atoms with E-state index in [2.05, 4.69) is 29.5 Å². The summed E-state index contributed by atoms with van der Waals surface area (Å²) in [7, 11) is 0. The van der Waals surface area contributed by atoms with Gasteiger partial charge in [0.15, 0.2) is 0 Å². The Labute approximate surface area is 88.6 Å². The molecule has 0 aliphatic rings. The molecule has 2 heteroatoms. The summed E-state index contributed by atoms with van der Waals surface area (Å²) < 4.78 is 2.20. The fourth-order valence-corrected chi connectivity index (χ4v) is 1.84. The quantitative estimate of drug-likeness (QED) is 0.671. The van der Waals surface area contributed by atoms with E-state index in [1.807, 2.05) is 18.2 Å². The summed E-state index contributed by atoms with van der Waals surface area (Å²) in [6.45, 7) is 4.68. The molecule has 0 saturated carbocycles. The van der Waals surface area contributed by atoms with Gasteiger partial charge in [-0.15, -0.1) is 6.58 Å². The lowest BCUT2D eigenvalue weighted by Gasteiger charge is -2.02. The topological polar surface area (TPSA) is 4.93 Å². The number of hydrogen-bond acceptors (Lipinski definition) is 0. The van der Waals surface area contributed by atoms with Gasteiger partial charge in [-0.2, -0.15) is 0 Å². The molecule has 0 radical (unpaired) electrons. The number of rotatable bonds is 3. The standard InChI is InChI=1S/C12H12ClN/c1-2-3-8-14-9-7-10-11(13)5-4-6-12(10)14/h2,4-7,9H,1,3,8H2. The second-order valence-electron chi connectivity index (χ2n) is 3.26. The lowest BCUT2D eigenvalue weighted by atomic mass is 10.2. The zero-order valence-electron chi connectivity index (χ0n) is 7.91. The van der Waals surface area contributed by atoms with Crippen LogP contribution in [0.5, 0.6) is 0 Å². The van der Waals surface area contributed by atoms with Gasteiger partial charge in [0, 0.05) is 28.7 Å². The normalized spacial score (nSPS) is 10.6. The van der Waals surface area contributed by atoms with Crippen molar-refractivity contribution >= 4 is 22.5 Å². The largest absolute Gasteiger partial charge is 0.347 e. The van der Waals surface area contributed by atoms with E-state index in [-0.39, 0.29) is 0 Å². The zero-order valence-corrected chi connectivity index (χ0v) is 8.67. The molecule has 0 atom stereocenters. The number of nitrogens with zero attached hydrogens (tertiary/aromatic N) is 1. The Morgan fingerprint density at radius 1 is 1.36 bits per heavy atom. The maximum atomic E-state index is 6.07. The molecule has 0 fully saturated rings. The lowest BCUT2D eigenvalue weighted by molar-refractivity contribution is 0.739. The molecule has 2 aromatic rings. The highest BCUT2D eigenvalue weighted by Crippen LogP contribution is 2.24. The van der Waals surface area contributed by atoms with Crippen LogP contribution in [0.4, 0.5) is 0 Å². The summed E-state index contributed by atoms with van der Waals surface area (Å²) in [5.74, 6) is 0. The molecule has 2 rings (SSSR count). The minimum atomic E-state index is 0.819. The lowest BCUT2D eigenvalue weighted by Crippen LogP contribution is -1.93. The van der Waals surface area contributed by atoms with Crippen LogP contribution in [0.15, 0.2) is 43.1 Å². The number of fused-ring (bicyclic) bond motifs is 1. The second-order valence-corrected chi connectivity index (χ2v) is 3.67. The first-order valence-electron chi connectivity index (χ1n) is 4.67. The molecule has 72 valence electrons. The molecule has 0 saturated heterocycles. The molecule has 0 unspecified atom stereocenters. The van der Waals surface area contributed by atoms with E-state index in [9.17, 15) is 0 Å². The summed E-state index contributed by atoms with van der Waals surface area (Å²) in [5, 5.41) is 1.94. The maximum absolute atomic E-state index is 6.07. The number of halogens is 1. The Balaban J connectivity index is 2.47. The molecule has 0 aliphatic heterocycles. The van der Waals surface area contributed by atoms with Gasteiger partial charge in [-0.25, -0.2) is 0 Å². The van der Waals surface area contributed by atoms with Crippen LogP contribution in [0.2, 0.25) is 5.02 Å². The van der Waals surface area contributed by atoms with Crippen LogP contribution in [0.3, 0.4) is 0 Å². The van der Waals surface area contributed by atoms with Gasteiger partial charge in [0.25, 0.3) is 0 Å². The molecule has 1 heterocycles. The first kappa shape index (κ1) is 9.35. The minimum Gasteiger partial charge on any atom is -0.347 e. The molecule has 0 N–H and O–H groups in total. The van der Waals surface area contributed by atoms with Crippen LogP contribution in [0.1, 0.15) is 6.42 Å². The van der Waals surface area contributed by atoms with Crippen molar-refractivity contribution < 1.29 is 0 Å². The molecule has 14 heavy (non-hydrogen) atoms. The molecule has 0 bridgehead atoms. The number of allylic oxidation sites excluding steroid dienone is 1. The van der Waals surface area contributed by atoms with Crippen molar-refractivity contribution in [3.63, 3.8) is 0 Å². The van der Waals surface area contributed by atoms with E-state index in [0.717, 1.165) is 23.4 Å². The van der Waals surface area contributed by atoms with Crippen molar-refractivity contribution in [2.24, 2.45) is 0 Å². The Hall–Kier alpha value is -1.21. The molecule has 1 nitrogen and oxygen atoms in total. The molecular formula is C12H12ClN. The van der Waals surface area contributed by atoms with Crippen molar-refractivity contribution in [3.05, 3.63) is 48.1 Å². The van der Waals surface area contributed by atoms with Crippen LogP contribution in [0.25, 0.3) is 10.9 Å². The predicted molar refractivity (Wildman–Crippen MR) is 61.8 cm³/mol. The van der Waals surface area contributed by atoms with Gasteiger partial charge >= 0.3 is 0 Å². The average Bonchev–Trinajstić information content (AvgIpc) is 2.60. The fraction of sp³-hybridized carbons (Fsp3) is 0.167. The number of aryl methyl sites for hydroxylation is 1. The monoisotopic (exact) mass is 205 g/mol. The van der Waals surface area contributed by atoms with E-state index >= 15 is 0 Å². The minimum absolute atomic E-state index is 0.819. The molecule has 1 aromatic heterocycles. The highest BCUT2D eigenvalue weighted by atomic mass is 35.5. The van der Waals surface area contributed by atoms with Crippen molar-refractivity contribution in [3.8, 4) is 0 Å². The average molecular weight is 206 g/mol. The van der Waals surface area contributed by atoms with Crippen molar-refractivity contribution in [1.29, 1.82) is 0 Å². The van der Waals surface area contributed by atoms with Crippen molar-refractivity contribution in [1.82, 2.24) is 4.57 Å². The fourth-order valence-electron chi connectivity index (χ4n) is 1.61. The van der Waals surface area contributed by atoms with Crippen LogP contribution < -0.4 is 0 Å². The molecule has 0 aliphatic carbocycles. The predicted octanol–water partition coefficient (Wildman–Crippen LogP) is 3.87. The van der Waals surface area contributed by atoms with E-state index in [0.29, 0.717) is 0 Å². The van der Waals surface area contributed by atoms with Gasteiger partial charge in [-0.3, -0.25) is 0 Å².